The van der Waals surface area contributed by atoms with Gasteiger partial charge in [-0.05, 0) is 44.9 Å². The molecular formula is C10H16N2. The zero-order valence-corrected chi connectivity index (χ0v) is 7.80. The highest BCUT2D eigenvalue weighted by molar-refractivity contribution is 5.21. The minimum absolute atomic E-state index is 0.745. The summed E-state index contributed by atoms with van der Waals surface area (Å²) in [6.45, 7) is 4.86. The Kier molecular flexibility index (Phi) is 3.23. The lowest BCUT2D eigenvalue weighted by atomic mass is 10.1. The molecule has 0 bridgehead atoms. The second-order valence-corrected chi connectivity index (χ2v) is 3.11. The molecule has 1 aromatic rings. The lowest BCUT2D eigenvalue weighted by Gasteiger charge is -2.04. The molecule has 0 aromatic carbocycles. The van der Waals surface area contributed by atoms with Crippen LogP contribution in [0.5, 0.6) is 0 Å². The smallest absolute Gasteiger partial charge is 0.0436 e. The average molecular weight is 164 g/mol. The van der Waals surface area contributed by atoms with Crippen LogP contribution in [-0.2, 0) is 6.42 Å². The highest BCUT2D eigenvalue weighted by atomic mass is 14.7. The Balaban J connectivity index is 2.75. The van der Waals surface area contributed by atoms with Crippen molar-refractivity contribution in [1.29, 1.82) is 0 Å². The van der Waals surface area contributed by atoms with Gasteiger partial charge in [0.2, 0.25) is 0 Å². The van der Waals surface area contributed by atoms with Crippen LogP contribution in [0.25, 0.3) is 0 Å². The predicted octanol–water partition coefficient (Wildman–Crippen LogP) is 1.59. The minimum atomic E-state index is 0.745. The SMILES string of the molecule is Cc1ccc(C)c(CCCN)n1. The molecule has 0 amide bonds. The summed E-state index contributed by atoms with van der Waals surface area (Å²) in [5, 5.41) is 0. The van der Waals surface area contributed by atoms with Crippen LogP contribution in [0.3, 0.4) is 0 Å². The van der Waals surface area contributed by atoms with Crippen molar-refractivity contribution in [1.82, 2.24) is 4.98 Å². The van der Waals surface area contributed by atoms with Crippen molar-refractivity contribution in [2.75, 3.05) is 6.54 Å². The van der Waals surface area contributed by atoms with Crippen molar-refractivity contribution in [3.63, 3.8) is 0 Å². The van der Waals surface area contributed by atoms with Crippen molar-refractivity contribution in [3.8, 4) is 0 Å². The van der Waals surface area contributed by atoms with E-state index >= 15 is 0 Å². The molecule has 0 aliphatic rings. The van der Waals surface area contributed by atoms with Crippen molar-refractivity contribution in [3.05, 3.63) is 29.1 Å². The van der Waals surface area contributed by atoms with E-state index in [9.17, 15) is 0 Å². The third kappa shape index (κ3) is 2.31. The summed E-state index contributed by atoms with van der Waals surface area (Å²) in [5.74, 6) is 0. The maximum Gasteiger partial charge on any atom is 0.0436 e. The lowest BCUT2D eigenvalue weighted by molar-refractivity contribution is 0.800. The van der Waals surface area contributed by atoms with E-state index in [2.05, 4.69) is 18.0 Å². The molecule has 2 N–H and O–H groups in total. The molecule has 0 saturated heterocycles. The Hall–Kier alpha value is -0.890. The molecule has 0 fully saturated rings. The average Bonchev–Trinajstić information content (AvgIpc) is 2.07. The molecule has 0 radical (unpaired) electrons. The third-order valence-corrected chi connectivity index (χ3v) is 1.96. The Morgan fingerprint density at radius 3 is 2.75 bits per heavy atom. The van der Waals surface area contributed by atoms with Gasteiger partial charge in [0.15, 0.2) is 0 Å². The summed E-state index contributed by atoms with van der Waals surface area (Å²) in [6.07, 6.45) is 2.03. The van der Waals surface area contributed by atoms with Crippen LogP contribution < -0.4 is 5.73 Å². The number of hydrogen-bond donors (Lipinski definition) is 1. The molecule has 0 atom stereocenters. The summed E-state index contributed by atoms with van der Waals surface area (Å²) in [5.41, 5.74) is 8.99. The Morgan fingerprint density at radius 2 is 2.08 bits per heavy atom. The van der Waals surface area contributed by atoms with Gasteiger partial charge in [0.25, 0.3) is 0 Å². The molecule has 66 valence electrons. The van der Waals surface area contributed by atoms with Gasteiger partial charge in [-0.1, -0.05) is 6.07 Å². The number of nitrogens with two attached hydrogens (primary N) is 1. The number of hydrogen-bond acceptors (Lipinski definition) is 2. The van der Waals surface area contributed by atoms with E-state index in [-0.39, 0.29) is 0 Å². The van der Waals surface area contributed by atoms with E-state index in [1.807, 2.05) is 13.0 Å². The van der Waals surface area contributed by atoms with Gasteiger partial charge < -0.3 is 5.73 Å². The van der Waals surface area contributed by atoms with Gasteiger partial charge in [-0.15, -0.1) is 0 Å². The van der Waals surface area contributed by atoms with Crippen LogP contribution >= 0.6 is 0 Å². The molecule has 0 saturated carbocycles. The molecule has 12 heavy (non-hydrogen) atoms. The number of pyridine rings is 1. The molecule has 0 aliphatic heterocycles. The number of aryl methyl sites for hydroxylation is 3. The third-order valence-electron chi connectivity index (χ3n) is 1.96. The standard InChI is InChI=1S/C10H16N2/c1-8-5-6-9(2)12-10(8)4-3-7-11/h5-6H,3-4,7,11H2,1-2H3. The first-order valence-corrected chi connectivity index (χ1v) is 4.37. The zero-order valence-electron chi connectivity index (χ0n) is 7.80. The van der Waals surface area contributed by atoms with E-state index in [4.69, 9.17) is 5.73 Å². The summed E-state index contributed by atoms with van der Waals surface area (Å²) in [7, 11) is 0. The van der Waals surface area contributed by atoms with Gasteiger partial charge in [0.1, 0.15) is 0 Å². The number of rotatable bonds is 3. The Bertz CT molecular complexity index is 256. The van der Waals surface area contributed by atoms with Gasteiger partial charge in [-0.25, -0.2) is 0 Å². The zero-order chi connectivity index (χ0) is 8.97. The van der Waals surface area contributed by atoms with Crippen LogP contribution in [0.1, 0.15) is 23.4 Å². The van der Waals surface area contributed by atoms with Crippen molar-refractivity contribution in [2.24, 2.45) is 5.73 Å². The molecule has 0 spiro atoms. The fourth-order valence-corrected chi connectivity index (χ4v) is 1.20. The first-order chi connectivity index (χ1) is 5.74. The van der Waals surface area contributed by atoms with E-state index in [1.54, 1.807) is 0 Å². The topological polar surface area (TPSA) is 38.9 Å². The summed E-state index contributed by atoms with van der Waals surface area (Å²) < 4.78 is 0. The molecule has 0 aliphatic carbocycles. The van der Waals surface area contributed by atoms with E-state index < -0.39 is 0 Å². The monoisotopic (exact) mass is 164 g/mol. The molecule has 2 nitrogen and oxygen atoms in total. The molecule has 1 rings (SSSR count). The fourth-order valence-electron chi connectivity index (χ4n) is 1.20. The quantitative estimate of drug-likeness (QED) is 0.736. The second kappa shape index (κ2) is 4.21. The second-order valence-electron chi connectivity index (χ2n) is 3.11. The summed E-state index contributed by atoms with van der Waals surface area (Å²) in [6, 6.07) is 4.16. The molecular weight excluding hydrogens is 148 g/mol. The Labute approximate surface area is 73.8 Å². The largest absolute Gasteiger partial charge is 0.330 e. The summed E-state index contributed by atoms with van der Waals surface area (Å²) in [4.78, 5) is 4.45. The molecule has 0 unspecified atom stereocenters. The van der Waals surface area contributed by atoms with Crippen LogP contribution in [-0.4, -0.2) is 11.5 Å². The lowest BCUT2D eigenvalue weighted by Crippen LogP contribution is -2.03. The highest BCUT2D eigenvalue weighted by Gasteiger charge is 1.98. The molecule has 1 heterocycles. The first-order valence-electron chi connectivity index (χ1n) is 4.37. The maximum absolute atomic E-state index is 5.44. The predicted molar refractivity (Wildman–Crippen MR) is 51.1 cm³/mol. The van der Waals surface area contributed by atoms with Gasteiger partial charge in [0, 0.05) is 11.4 Å². The van der Waals surface area contributed by atoms with Gasteiger partial charge in [-0.3, -0.25) is 4.98 Å². The summed E-state index contributed by atoms with van der Waals surface area (Å²) >= 11 is 0. The van der Waals surface area contributed by atoms with Crippen molar-refractivity contribution >= 4 is 0 Å². The van der Waals surface area contributed by atoms with Gasteiger partial charge in [-0.2, -0.15) is 0 Å². The van der Waals surface area contributed by atoms with E-state index in [1.165, 1.54) is 11.3 Å². The van der Waals surface area contributed by atoms with Crippen LogP contribution in [0.15, 0.2) is 12.1 Å². The fraction of sp³-hybridized carbons (Fsp3) is 0.500. The number of nitrogens with zero attached hydrogens (tertiary/aromatic N) is 1. The molecule has 1 aromatic heterocycles. The van der Waals surface area contributed by atoms with Crippen molar-refractivity contribution in [2.45, 2.75) is 26.7 Å². The Morgan fingerprint density at radius 1 is 1.33 bits per heavy atom. The van der Waals surface area contributed by atoms with Crippen molar-refractivity contribution < 1.29 is 0 Å². The van der Waals surface area contributed by atoms with Crippen LogP contribution in [0, 0.1) is 13.8 Å². The van der Waals surface area contributed by atoms with E-state index in [0.29, 0.717) is 0 Å². The molecule has 2 heteroatoms. The van der Waals surface area contributed by atoms with Gasteiger partial charge in [0.05, 0.1) is 0 Å². The van der Waals surface area contributed by atoms with Crippen LogP contribution in [0.2, 0.25) is 0 Å². The van der Waals surface area contributed by atoms with Gasteiger partial charge >= 0.3 is 0 Å². The highest BCUT2D eigenvalue weighted by Crippen LogP contribution is 2.07. The van der Waals surface area contributed by atoms with Crippen LogP contribution in [0.4, 0.5) is 0 Å². The number of aromatic nitrogens is 1. The maximum atomic E-state index is 5.44. The minimum Gasteiger partial charge on any atom is -0.330 e. The normalized spacial score (nSPS) is 10.2. The first kappa shape index (κ1) is 9.20. The van der Waals surface area contributed by atoms with E-state index in [0.717, 1.165) is 25.1 Å².